The van der Waals surface area contributed by atoms with Crippen LogP contribution in [0.25, 0.3) is 0 Å². The lowest BCUT2D eigenvalue weighted by Gasteiger charge is -2.12. The standard InChI is InChI=1S/C7H16N2O/c8-3-7(5-10)9-4-6-1-2-6/h6-7,9-10H,1-5,8H2. The Balaban J connectivity index is 1.97. The normalized spacial score (nSPS) is 21.0. The van der Waals surface area contributed by atoms with Crippen molar-refractivity contribution >= 4 is 0 Å². The summed E-state index contributed by atoms with van der Waals surface area (Å²) in [4.78, 5) is 0. The third kappa shape index (κ3) is 2.64. The van der Waals surface area contributed by atoms with Gasteiger partial charge in [-0.2, -0.15) is 0 Å². The van der Waals surface area contributed by atoms with E-state index in [9.17, 15) is 0 Å². The van der Waals surface area contributed by atoms with E-state index in [0.29, 0.717) is 6.54 Å². The molecule has 4 N–H and O–H groups in total. The molecule has 1 rings (SSSR count). The van der Waals surface area contributed by atoms with Gasteiger partial charge in [0.1, 0.15) is 0 Å². The summed E-state index contributed by atoms with van der Waals surface area (Å²) < 4.78 is 0. The van der Waals surface area contributed by atoms with E-state index in [1.807, 2.05) is 0 Å². The average molecular weight is 144 g/mol. The first-order valence-corrected chi connectivity index (χ1v) is 3.91. The predicted octanol–water partition coefficient (Wildman–Crippen LogP) is -0.694. The molecule has 1 atom stereocenters. The topological polar surface area (TPSA) is 58.3 Å². The Labute approximate surface area is 61.6 Å². The summed E-state index contributed by atoms with van der Waals surface area (Å²) in [7, 11) is 0. The molecule has 1 aliphatic carbocycles. The third-order valence-corrected chi connectivity index (χ3v) is 1.90. The molecule has 3 nitrogen and oxygen atoms in total. The van der Waals surface area contributed by atoms with E-state index in [4.69, 9.17) is 10.8 Å². The second-order valence-corrected chi connectivity index (χ2v) is 2.97. The molecular weight excluding hydrogens is 128 g/mol. The van der Waals surface area contributed by atoms with Gasteiger partial charge in [0.15, 0.2) is 0 Å². The van der Waals surface area contributed by atoms with Crippen LogP contribution in [0.2, 0.25) is 0 Å². The van der Waals surface area contributed by atoms with E-state index in [0.717, 1.165) is 12.5 Å². The Hall–Kier alpha value is -0.120. The summed E-state index contributed by atoms with van der Waals surface area (Å²) in [6, 6.07) is 0.112. The van der Waals surface area contributed by atoms with E-state index in [1.54, 1.807) is 0 Å². The molecule has 0 radical (unpaired) electrons. The fourth-order valence-electron chi connectivity index (χ4n) is 0.878. The summed E-state index contributed by atoms with van der Waals surface area (Å²) in [6.45, 7) is 1.72. The highest BCUT2D eigenvalue weighted by atomic mass is 16.3. The van der Waals surface area contributed by atoms with E-state index in [2.05, 4.69) is 5.32 Å². The molecule has 60 valence electrons. The Bertz CT molecular complexity index is 89.6. The van der Waals surface area contributed by atoms with E-state index in [1.165, 1.54) is 12.8 Å². The van der Waals surface area contributed by atoms with Crippen molar-refractivity contribution in [1.29, 1.82) is 0 Å². The Morgan fingerprint density at radius 2 is 2.30 bits per heavy atom. The average Bonchev–Trinajstić information content (AvgIpc) is 2.74. The quantitative estimate of drug-likeness (QED) is 0.478. The zero-order valence-electron chi connectivity index (χ0n) is 6.21. The number of hydrogen-bond acceptors (Lipinski definition) is 3. The molecular formula is C7H16N2O. The minimum atomic E-state index is 0.112. The van der Waals surface area contributed by atoms with Crippen LogP contribution < -0.4 is 11.1 Å². The molecule has 0 amide bonds. The molecule has 0 aromatic carbocycles. The lowest BCUT2D eigenvalue weighted by atomic mass is 10.3. The molecule has 1 fully saturated rings. The predicted molar refractivity (Wildman–Crippen MR) is 40.7 cm³/mol. The molecule has 0 aromatic heterocycles. The molecule has 3 heteroatoms. The highest BCUT2D eigenvalue weighted by Crippen LogP contribution is 2.27. The number of hydrogen-bond donors (Lipinski definition) is 3. The van der Waals surface area contributed by atoms with Gasteiger partial charge in [0.2, 0.25) is 0 Å². The molecule has 0 aromatic rings. The van der Waals surface area contributed by atoms with Crippen LogP contribution in [-0.2, 0) is 0 Å². The first-order chi connectivity index (χ1) is 4.86. The van der Waals surface area contributed by atoms with Crippen molar-refractivity contribution in [3.8, 4) is 0 Å². The summed E-state index contributed by atoms with van der Waals surface area (Å²) in [5.74, 6) is 0.862. The van der Waals surface area contributed by atoms with Crippen molar-refractivity contribution in [3.63, 3.8) is 0 Å². The number of aliphatic hydroxyl groups excluding tert-OH is 1. The molecule has 1 aliphatic rings. The van der Waals surface area contributed by atoms with Gasteiger partial charge in [-0.3, -0.25) is 0 Å². The molecule has 0 bridgehead atoms. The van der Waals surface area contributed by atoms with E-state index in [-0.39, 0.29) is 12.6 Å². The summed E-state index contributed by atoms with van der Waals surface area (Å²) in [5.41, 5.74) is 5.37. The van der Waals surface area contributed by atoms with E-state index < -0.39 is 0 Å². The first-order valence-electron chi connectivity index (χ1n) is 3.91. The molecule has 0 spiro atoms. The van der Waals surface area contributed by atoms with Crippen molar-refractivity contribution < 1.29 is 5.11 Å². The number of nitrogens with two attached hydrogens (primary N) is 1. The van der Waals surface area contributed by atoms with Gasteiger partial charge in [0.05, 0.1) is 6.61 Å². The second-order valence-electron chi connectivity index (χ2n) is 2.97. The maximum atomic E-state index is 8.72. The molecule has 10 heavy (non-hydrogen) atoms. The van der Waals surface area contributed by atoms with Crippen LogP contribution in [0, 0.1) is 5.92 Å². The molecule has 1 saturated carbocycles. The largest absolute Gasteiger partial charge is 0.395 e. The minimum absolute atomic E-state index is 0.112. The summed E-state index contributed by atoms with van der Waals surface area (Å²) >= 11 is 0. The number of aliphatic hydroxyl groups is 1. The van der Waals surface area contributed by atoms with Gasteiger partial charge in [-0.15, -0.1) is 0 Å². The Kier molecular flexibility index (Phi) is 3.12. The zero-order chi connectivity index (χ0) is 7.40. The van der Waals surface area contributed by atoms with Crippen LogP contribution in [0.15, 0.2) is 0 Å². The maximum absolute atomic E-state index is 8.72. The number of nitrogens with one attached hydrogen (secondary N) is 1. The van der Waals surface area contributed by atoms with Gasteiger partial charge < -0.3 is 16.2 Å². The SMILES string of the molecule is NCC(CO)NCC1CC1. The van der Waals surface area contributed by atoms with Gasteiger partial charge >= 0.3 is 0 Å². The fourth-order valence-corrected chi connectivity index (χ4v) is 0.878. The third-order valence-electron chi connectivity index (χ3n) is 1.90. The van der Waals surface area contributed by atoms with Crippen LogP contribution in [-0.4, -0.2) is 30.8 Å². The molecule has 1 unspecified atom stereocenters. The second kappa shape index (κ2) is 3.91. The maximum Gasteiger partial charge on any atom is 0.0597 e. The highest BCUT2D eigenvalue weighted by molar-refractivity contribution is 4.78. The zero-order valence-corrected chi connectivity index (χ0v) is 6.21. The first kappa shape index (κ1) is 7.98. The number of rotatable bonds is 5. The van der Waals surface area contributed by atoms with E-state index >= 15 is 0 Å². The molecule has 0 aliphatic heterocycles. The van der Waals surface area contributed by atoms with Gasteiger partial charge in [-0.05, 0) is 25.3 Å². The molecule has 0 saturated heterocycles. The highest BCUT2D eigenvalue weighted by Gasteiger charge is 2.21. The summed E-state index contributed by atoms with van der Waals surface area (Å²) in [6.07, 6.45) is 2.69. The van der Waals surface area contributed by atoms with Crippen molar-refractivity contribution in [3.05, 3.63) is 0 Å². The minimum Gasteiger partial charge on any atom is -0.395 e. The monoisotopic (exact) mass is 144 g/mol. The van der Waals surface area contributed by atoms with Crippen molar-refractivity contribution in [2.24, 2.45) is 11.7 Å². The summed E-state index contributed by atoms with van der Waals surface area (Å²) in [5, 5.41) is 11.9. The van der Waals surface area contributed by atoms with Gasteiger partial charge in [-0.1, -0.05) is 0 Å². The van der Waals surface area contributed by atoms with Crippen molar-refractivity contribution in [2.75, 3.05) is 19.7 Å². The van der Waals surface area contributed by atoms with Crippen molar-refractivity contribution in [2.45, 2.75) is 18.9 Å². The van der Waals surface area contributed by atoms with Crippen LogP contribution >= 0.6 is 0 Å². The van der Waals surface area contributed by atoms with Crippen LogP contribution in [0.4, 0.5) is 0 Å². The smallest absolute Gasteiger partial charge is 0.0597 e. The van der Waals surface area contributed by atoms with Crippen LogP contribution in [0.5, 0.6) is 0 Å². The van der Waals surface area contributed by atoms with Gasteiger partial charge in [-0.25, -0.2) is 0 Å². The lowest BCUT2D eigenvalue weighted by Crippen LogP contribution is -2.39. The fraction of sp³-hybridized carbons (Fsp3) is 1.00. The van der Waals surface area contributed by atoms with Crippen LogP contribution in [0.1, 0.15) is 12.8 Å². The van der Waals surface area contributed by atoms with Crippen molar-refractivity contribution in [1.82, 2.24) is 5.32 Å². The Morgan fingerprint density at radius 1 is 1.60 bits per heavy atom. The Morgan fingerprint density at radius 3 is 2.70 bits per heavy atom. The molecule has 0 heterocycles. The van der Waals surface area contributed by atoms with Gasteiger partial charge in [0, 0.05) is 12.6 Å². The van der Waals surface area contributed by atoms with Crippen LogP contribution in [0.3, 0.4) is 0 Å². The lowest BCUT2D eigenvalue weighted by molar-refractivity contribution is 0.244. The van der Waals surface area contributed by atoms with Gasteiger partial charge in [0.25, 0.3) is 0 Å².